The van der Waals surface area contributed by atoms with Crippen molar-refractivity contribution in [2.75, 3.05) is 26.7 Å². The van der Waals surface area contributed by atoms with Gasteiger partial charge in [0.2, 0.25) is 0 Å². The summed E-state index contributed by atoms with van der Waals surface area (Å²) in [5, 5.41) is 5.17. The van der Waals surface area contributed by atoms with Crippen LogP contribution in [-0.4, -0.2) is 58.2 Å². The van der Waals surface area contributed by atoms with E-state index < -0.39 is 0 Å². The number of rotatable bonds is 5. The smallest absolute Gasteiger partial charge is 0.274 e. The van der Waals surface area contributed by atoms with Crippen LogP contribution in [0.25, 0.3) is 17.1 Å². The highest BCUT2D eigenvalue weighted by molar-refractivity contribution is 6.30. The fourth-order valence-electron chi connectivity index (χ4n) is 3.21. The predicted octanol–water partition coefficient (Wildman–Crippen LogP) is 3.56. The van der Waals surface area contributed by atoms with Crippen LogP contribution in [0, 0.1) is 0 Å². The molecular formula is C20H21ClN4O2. The van der Waals surface area contributed by atoms with E-state index in [0.717, 1.165) is 25.3 Å². The number of amides is 1. The van der Waals surface area contributed by atoms with Gasteiger partial charge < -0.3 is 14.2 Å². The van der Waals surface area contributed by atoms with Crippen LogP contribution in [0.2, 0.25) is 5.02 Å². The number of aromatic nitrogens is 2. The summed E-state index contributed by atoms with van der Waals surface area (Å²) >= 11 is 6.14. The zero-order valence-corrected chi connectivity index (χ0v) is 16.1. The number of hydrogen-bond acceptors (Lipinski definition) is 4. The first-order valence-corrected chi connectivity index (χ1v) is 9.34. The summed E-state index contributed by atoms with van der Waals surface area (Å²) in [7, 11) is 2.08. The normalized spacial score (nSPS) is 14.6. The van der Waals surface area contributed by atoms with Crippen molar-refractivity contribution in [1.29, 1.82) is 0 Å². The van der Waals surface area contributed by atoms with Crippen LogP contribution < -0.4 is 0 Å². The van der Waals surface area contributed by atoms with Crippen LogP contribution in [0.4, 0.5) is 0 Å². The Morgan fingerprint density at radius 2 is 2.11 bits per heavy atom. The van der Waals surface area contributed by atoms with Gasteiger partial charge in [0.05, 0.1) is 12.0 Å². The van der Waals surface area contributed by atoms with Crippen LogP contribution in [0.5, 0.6) is 0 Å². The number of likely N-dealkylation sites (tertiary alicyclic amines) is 1. The Morgan fingerprint density at radius 3 is 2.78 bits per heavy atom. The lowest BCUT2D eigenvalue weighted by Crippen LogP contribution is -2.60. The van der Waals surface area contributed by atoms with Gasteiger partial charge in [-0.15, -0.1) is 0 Å². The van der Waals surface area contributed by atoms with Crippen LogP contribution in [0.1, 0.15) is 17.4 Å². The van der Waals surface area contributed by atoms with Crippen LogP contribution in [0.15, 0.2) is 53.1 Å². The van der Waals surface area contributed by atoms with E-state index in [1.165, 1.54) is 0 Å². The van der Waals surface area contributed by atoms with E-state index in [2.05, 4.69) is 24.0 Å². The summed E-state index contributed by atoms with van der Waals surface area (Å²) < 4.78 is 7.25. The number of nitrogens with zero attached hydrogens (tertiary/aromatic N) is 4. The van der Waals surface area contributed by atoms with Gasteiger partial charge in [-0.3, -0.25) is 4.79 Å². The molecule has 0 spiro atoms. The van der Waals surface area contributed by atoms with Gasteiger partial charge in [0.1, 0.15) is 5.69 Å². The van der Waals surface area contributed by atoms with Crippen LogP contribution in [0.3, 0.4) is 0 Å². The quantitative estimate of drug-likeness (QED) is 0.675. The number of benzene rings is 1. The zero-order valence-electron chi connectivity index (χ0n) is 15.3. The average Bonchev–Trinajstić information content (AvgIpc) is 3.29. The lowest BCUT2D eigenvalue weighted by molar-refractivity contribution is 0.0348. The second-order valence-electron chi connectivity index (χ2n) is 6.72. The Labute approximate surface area is 162 Å². The molecule has 0 bridgehead atoms. The molecule has 0 radical (unpaired) electrons. The minimum atomic E-state index is -0.0654. The molecule has 7 heteroatoms. The molecule has 0 saturated carbocycles. The largest absolute Gasteiger partial charge is 0.463 e. The number of carbonyl (C=O) groups is 1. The highest BCUT2D eigenvalue weighted by Gasteiger charge is 2.34. The molecule has 1 fully saturated rings. The van der Waals surface area contributed by atoms with Gasteiger partial charge in [0.25, 0.3) is 5.91 Å². The lowest BCUT2D eigenvalue weighted by Gasteiger charge is -2.43. The molecule has 1 amide bonds. The highest BCUT2D eigenvalue weighted by atomic mass is 35.5. The summed E-state index contributed by atoms with van der Waals surface area (Å²) in [6, 6.07) is 13.2. The number of halogens is 1. The van der Waals surface area contributed by atoms with Crippen molar-refractivity contribution in [2.45, 2.75) is 13.0 Å². The maximum atomic E-state index is 12.9. The monoisotopic (exact) mass is 384 g/mol. The first kappa shape index (κ1) is 17.8. The molecular weight excluding hydrogens is 364 g/mol. The first-order valence-electron chi connectivity index (χ1n) is 8.96. The third-order valence-electron chi connectivity index (χ3n) is 5.03. The molecule has 1 saturated heterocycles. The maximum absolute atomic E-state index is 12.9. The maximum Gasteiger partial charge on any atom is 0.274 e. The van der Waals surface area contributed by atoms with Crippen LogP contribution >= 0.6 is 11.6 Å². The number of likely N-dealkylation sites (N-methyl/N-ethyl adjacent to an activating group) is 1. The lowest BCUT2D eigenvalue weighted by atomic mass is 10.1. The van der Waals surface area contributed by atoms with E-state index in [-0.39, 0.29) is 5.91 Å². The molecule has 1 aliphatic rings. The topological polar surface area (TPSA) is 54.5 Å². The van der Waals surface area contributed by atoms with Gasteiger partial charge in [-0.25, -0.2) is 4.68 Å². The van der Waals surface area contributed by atoms with E-state index in [9.17, 15) is 4.79 Å². The molecule has 1 aliphatic heterocycles. The first-order chi connectivity index (χ1) is 13.1. The average molecular weight is 385 g/mol. The summed E-state index contributed by atoms with van der Waals surface area (Å²) in [5.41, 5.74) is 1.90. The molecule has 3 heterocycles. The van der Waals surface area contributed by atoms with Crippen molar-refractivity contribution in [3.05, 3.63) is 59.4 Å². The van der Waals surface area contributed by atoms with Crippen molar-refractivity contribution in [2.24, 2.45) is 0 Å². The van der Waals surface area contributed by atoms with Gasteiger partial charge >= 0.3 is 0 Å². The van der Waals surface area contributed by atoms with Gasteiger partial charge in [-0.2, -0.15) is 5.10 Å². The van der Waals surface area contributed by atoms with Gasteiger partial charge in [0.15, 0.2) is 11.5 Å². The Bertz CT molecular complexity index is 945. The Kier molecular flexibility index (Phi) is 4.76. The zero-order chi connectivity index (χ0) is 19.0. The fourth-order valence-corrected chi connectivity index (χ4v) is 3.39. The highest BCUT2D eigenvalue weighted by Crippen LogP contribution is 2.27. The minimum Gasteiger partial charge on any atom is -0.463 e. The molecule has 4 rings (SSSR count). The molecule has 3 aromatic rings. The molecule has 27 heavy (non-hydrogen) atoms. The Morgan fingerprint density at radius 1 is 1.30 bits per heavy atom. The van der Waals surface area contributed by atoms with E-state index in [1.807, 2.05) is 35.2 Å². The van der Waals surface area contributed by atoms with Gasteiger partial charge in [-0.1, -0.05) is 24.6 Å². The molecule has 6 nitrogen and oxygen atoms in total. The van der Waals surface area contributed by atoms with Gasteiger partial charge in [-0.05, 0) is 43.9 Å². The molecule has 0 atom stereocenters. The van der Waals surface area contributed by atoms with E-state index >= 15 is 0 Å². The van der Waals surface area contributed by atoms with Crippen molar-refractivity contribution in [3.8, 4) is 17.1 Å². The minimum absolute atomic E-state index is 0.0654. The number of carbonyl (C=O) groups excluding carboxylic acids is 1. The second kappa shape index (κ2) is 7.21. The second-order valence-corrected chi connectivity index (χ2v) is 7.16. The number of furan rings is 1. The summed E-state index contributed by atoms with van der Waals surface area (Å²) in [6.07, 6.45) is 1.60. The third kappa shape index (κ3) is 3.38. The van der Waals surface area contributed by atoms with Crippen molar-refractivity contribution >= 4 is 17.5 Å². The molecule has 0 N–H and O–H groups in total. The summed E-state index contributed by atoms with van der Waals surface area (Å²) in [4.78, 5) is 17.0. The van der Waals surface area contributed by atoms with E-state index in [4.69, 9.17) is 16.0 Å². The summed E-state index contributed by atoms with van der Waals surface area (Å²) in [6.45, 7) is 4.54. The molecule has 140 valence electrons. The Balaban J connectivity index is 1.65. The van der Waals surface area contributed by atoms with Crippen LogP contribution in [-0.2, 0) is 0 Å². The molecule has 2 aromatic heterocycles. The summed E-state index contributed by atoms with van der Waals surface area (Å²) in [5.74, 6) is 0.582. The van der Waals surface area contributed by atoms with E-state index in [1.54, 1.807) is 23.1 Å². The molecule has 0 aliphatic carbocycles. The molecule has 1 aromatic carbocycles. The number of hydrogen-bond donors (Lipinski definition) is 0. The van der Waals surface area contributed by atoms with Crippen molar-refractivity contribution in [1.82, 2.24) is 19.6 Å². The van der Waals surface area contributed by atoms with Crippen molar-refractivity contribution < 1.29 is 9.21 Å². The fraction of sp³-hybridized carbons (Fsp3) is 0.300. The predicted molar refractivity (Wildman–Crippen MR) is 104 cm³/mol. The molecule has 0 unspecified atom stereocenters. The standard InChI is InChI=1S/C20H21ClN4O2/c1-3-23(2)16-12-24(13-16)20(26)17-11-18(19-8-5-9-27-19)25(22-17)15-7-4-6-14(21)10-15/h4-11,16H,3,12-13H2,1-2H3. The van der Waals surface area contributed by atoms with Crippen molar-refractivity contribution in [3.63, 3.8) is 0 Å². The van der Waals surface area contributed by atoms with E-state index in [0.29, 0.717) is 28.2 Å². The Hall–Kier alpha value is -2.57. The third-order valence-corrected chi connectivity index (χ3v) is 5.26. The van der Waals surface area contributed by atoms with Gasteiger partial charge in [0, 0.05) is 30.2 Å². The SMILES string of the molecule is CCN(C)C1CN(C(=O)c2cc(-c3ccco3)n(-c3cccc(Cl)c3)n2)C1.